The van der Waals surface area contributed by atoms with Crippen molar-refractivity contribution in [1.82, 2.24) is 4.98 Å². The number of aromatic amines is 1. The van der Waals surface area contributed by atoms with Gasteiger partial charge in [0.1, 0.15) is 5.82 Å². The quantitative estimate of drug-likeness (QED) is 0.487. The van der Waals surface area contributed by atoms with Crippen molar-refractivity contribution in [3.8, 4) is 11.3 Å². The molecule has 2 atom stereocenters. The second kappa shape index (κ2) is 8.65. The standard InChI is InChI=1S/C31H54N2/c1-27(2,3)20-23(29(7,8)9)26(30(10,11)12)33(31(13,14)15)24-19-17-21-16-18-22(25(21)32-24)28(4,5)6/h16-19,23,26,32H,20H2,1-15H3. The number of pyridine rings is 1. The van der Waals surface area contributed by atoms with Gasteiger partial charge >= 0.3 is 0 Å². The van der Waals surface area contributed by atoms with Crippen molar-refractivity contribution in [3.05, 3.63) is 29.8 Å². The number of anilines is 1. The highest BCUT2D eigenvalue weighted by Crippen LogP contribution is 2.48. The Morgan fingerprint density at radius 2 is 1.21 bits per heavy atom. The number of H-pyrrole nitrogens is 1. The predicted octanol–water partition coefficient (Wildman–Crippen LogP) is 9.54. The molecule has 1 N–H and O–H groups in total. The minimum absolute atomic E-state index is 0.0298. The Balaban J connectivity index is 2.81. The highest BCUT2D eigenvalue weighted by molar-refractivity contribution is 5.71. The van der Waals surface area contributed by atoms with Crippen LogP contribution < -0.4 is 4.90 Å². The van der Waals surface area contributed by atoms with Crippen molar-refractivity contribution in [3.63, 3.8) is 0 Å². The van der Waals surface area contributed by atoms with Gasteiger partial charge < -0.3 is 9.88 Å². The topological polar surface area (TPSA) is 19.0 Å². The molecule has 33 heavy (non-hydrogen) atoms. The van der Waals surface area contributed by atoms with Gasteiger partial charge in [0.2, 0.25) is 0 Å². The molecule has 0 spiro atoms. The normalized spacial score (nSPS) is 16.2. The maximum absolute atomic E-state index is 3.94. The Morgan fingerprint density at radius 3 is 1.61 bits per heavy atom. The van der Waals surface area contributed by atoms with Gasteiger partial charge in [0.15, 0.2) is 0 Å². The van der Waals surface area contributed by atoms with Crippen LogP contribution in [-0.4, -0.2) is 16.6 Å². The van der Waals surface area contributed by atoms with Gasteiger partial charge in [-0.05, 0) is 78.0 Å². The van der Waals surface area contributed by atoms with Gasteiger partial charge in [0, 0.05) is 11.6 Å². The summed E-state index contributed by atoms with van der Waals surface area (Å²) in [5, 5.41) is 0. The van der Waals surface area contributed by atoms with Crippen LogP contribution in [0.25, 0.3) is 11.3 Å². The van der Waals surface area contributed by atoms with E-state index < -0.39 is 0 Å². The largest absolute Gasteiger partial charge is 0.350 e. The Kier molecular flexibility index (Phi) is 7.29. The molecule has 0 bridgehead atoms. The van der Waals surface area contributed by atoms with Gasteiger partial charge in [-0.2, -0.15) is 0 Å². The highest BCUT2D eigenvalue weighted by atomic mass is 15.3. The maximum Gasteiger partial charge on any atom is 0.106 e. The fraction of sp³-hybridized carbons (Fsp3) is 0.742. The van der Waals surface area contributed by atoms with E-state index in [1.54, 1.807) is 0 Å². The molecule has 0 fully saturated rings. The van der Waals surface area contributed by atoms with E-state index in [-0.39, 0.29) is 27.2 Å². The SMILES string of the molecule is CC(C)(C)CC(C(N(c1ccc2ccc(C(C)(C)C)c-2[nH]1)C(C)(C)C)C(C)(C)C)C(C)(C)C. The van der Waals surface area contributed by atoms with Crippen LogP contribution in [0, 0.1) is 22.2 Å². The third-order valence-corrected chi connectivity index (χ3v) is 6.94. The summed E-state index contributed by atoms with van der Waals surface area (Å²) in [6, 6.07) is 9.56. The minimum atomic E-state index is -0.0298. The van der Waals surface area contributed by atoms with E-state index >= 15 is 0 Å². The third-order valence-electron chi connectivity index (χ3n) is 6.94. The number of rotatable bonds is 4. The van der Waals surface area contributed by atoms with Gasteiger partial charge in [-0.25, -0.2) is 0 Å². The summed E-state index contributed by atoms with van der Waals surface area (Å²) in [5.41, 5.74) is 4.61. The monoisotopic (exact) mass is 454 g/mol. The molecule has 2 aliphatic rings. The summed E-state index contributed by atoms with van der Waals surface area (Å²) < 4.78 is 0. The number of hydrogen-bond donors (Lipinski definition) is 1. The molecule has 2 heteroatoms. The Labute approximate surface area is 206 Å². The number of fused-ring (bicyclic) bond motifs is 1. The van der Waals surface area contributed by atoms with Crippen LogP contribution in [0.15, 0.2) is 24.3 Å². The molecule has 2 nitrogen and oxygen atoms in total. The molecule has 1 heterocycles. The van der Waals surface area contributed by atoms with Crippen LogP contribution in [0.4, 0.5) is 5.82 Å². The van der Waals surface area contributed by atoms with Crippen molar-refractivity contribution in [1.29, 1.82) is 0 Å². The maximum atomic E-state index is 3.94. The smallest absolute Gasteiger partial charge is 0.106 e. The van der Waals surface area contributed by atoms with Crippen LogP contribution >= 0.6 is 0 Å². The molecular weight excluding hydrogens is 400 g/mol. The highest BCUT2D eigenvalue weighted by Gasteiger charge is 2.47. The molecule has 0 saturated carbocycles. The molecule has 0 saturated heterocycles. The predicted molar refractivity (Wildman–Crippen MR) is 149 cm³/mol. The lowest BCUT2D eigenvalue weighted by Crippen LogP contribution is -2.59. The minimum Gasteiger partial charge on any atom is -0.350 e. The van der Waals surface area contributed by atoms with Gasteiger partial charge in [0.25, 0.3) is 0 Å². The van der Waals surface area contributed by atoms with Gasteiger partial charge in [-0.3, -0.25) is 0 Å². The molecule has 0 aromatic heterocycles. The molecular formula is C31H54N2. The van der Waals surface area contributed by atoms with Crippen LogP contribution in [0.2, 0.25) is 0 Å². The van der Waals surface area contributed by atoms with Crippen LogP contribution in [-0.2, 0) is 5.41 Å². The summed E-state index contributed by atoms with van der Waals surface area (Å²) in [4.78, 5) is 6.65. The number of nitrogens with zero attached hydrogens (tertiary/aromatic N) is 1. The van der Waals surface area contributed by atoms with Crippen LogP contribution in [0.1, 0.15) is 116 Å². The summed E-state index contributed by atoms with van der Waals surface area (Å²) >= 11 is 0. The first-order chi connectivity index (χ1) is 14.5. The zero-order chi connectivity index (χ0) is 25.8. The second-order valence-corrected chi connectivity index (χ2v) is 15.8. The third kappa shape index (κ3) is 6.58. The first-order valence-electron chi connectivity index (χ1n) is 12.9. The van der Waals surface area contributed by atoms with Crippen molar-refractivity contribution >= 4 is 5.82 Å². The number of hydrogen-bond acceptors (Lipinski definition) is 1. The van der Waals surface area contributed by atoms with Gasteiger partial charge in [-0.15, -0.1) is 0 Å². The average molecular weight is 455 g/mol. The lowest BCUT2D eigenvalue weighted by Gasteiger charge is -2.55. The van der Waals surface area contributed by atoms with Crippen LogP contribution in [0.3, 0.4) is 0 Å². The van der Waals surface area contributed by atoms with Crippen molar-refractivity contribution < 1.29 is 0 Å². The van der Waals surface area contributed by atoms with Crippen molar-refractivity contribution in [2.75, 3.05) is 4.90 Å². The lowest BCUT2D eigenvalue weighted by atomic mass is 9.62. The second-order valence-electron chi connectivity index (χ2n) is 15.8. The van der Waals surface area contributed by atoms with Crippen molar-refractivity contribution in [2.24, 2.45) is 22.2 Å². The summed E-state index contributed by atoms with van der Waals surface area (Å²) in [5.74, 6) is 1.76. The van der Waals surface area contributed by atoms with E-state index in [9.17, 15) is 0 Å². The Morgan fingerprint density at radius 1 is 0.697 bits per heavy atom. The van der Waals surface area contributed by atoms with Gasteiger partial charge in [0.05, 0.1) is 5.69 Å². The number of nitrogens with one attached hydrogen (secondary N) is 1. The molecule has 2 unspecified atom stereocenters. The molecule has 188 valence electrons. The molecule has 0 radical (unpaired) electrons. The van der Waals surface area contributed by atoms with Crippen LogP contribution in [0.5, 0.6) is 0 Å². The number of aromatic nitrogens is 1. The first kappa shape index (κ1) is 27.8. The van der Waals surface area contributed by atoms with E-state index in [0.717, 1.165) is 0 Å². The van der Waals surface area contributed by atoms with E-state index in [4.69, 9.17) is 0 Å². The van der Waals surface area contributed by atoms with Crippen molar-refractivity contribution in [2.45, 2.75) is 127 Å². The molecule has 0 aromatic rings. The van der Waals surface area contributed by atoms with E-state index in [1.807, 2.05) is 0 Å². The Bertz CT molecular complexity index is 881. The average Bonchev–Trinajstić information content (AvgIpc) is 2.97. The summed E-state index contributed by atoms with van der Waals surface area (Å²) in [7, 11) is 0. The fourth-order valence-electron chi connectivity index (χ4n) is 5.53. The zero-order valence-electron chi connectivity index (χ0n) is 24.6. The molecule has 0 amide bonds. The summed E-state index contributed by atoms with van der Waals surface area (Å²) in [6.07, 6.45) is 1.19. The van der Waals surface area contributed by atoms with E-state index in [1.165, 1.54) is 29.1 Å². The Hall–Kier alpha value is -1.44. The van der Waals surface area contributed by atoms with E-state index in [0.29, 0.717) is 12.0 Å². The van der Waals surface area contributed by atoms with Gasteiger partial charge in [-0.1, -0.05) is 95.2 Å². The summed E-state index contributed by atoms with van der Waals surface area (Å²) in [6.45, 7) is 35.8. The molecule has 0 aromatic carbocycles. The molecule has 1 aliphatic carbocycles. The molecule has 1 aliphatic heterocycles. The lowest BCUT2D eigenvalue weighted by molar-refractivity contribution is 0.0721. The first-order valence-corrected chi connectivity index (χ1v) is 12.9. The van der Waals surface area contributed by atoms with E-state index in [2.05, 4.69) is 138 Å². The zero-order valence-corrected chi connectivity index (χ0v) is 24.6. The fourth-order valence-corrected chi connectivity index (χ4v) is 5.53. The molecule has 2 rings (SSSR count).